The Kier molecular flexibility index (Phi) is 4.19. The summed E-state index contributed by atoms with van der Waals surface area (Å²) in [6, 6.07) is 9.90. The largest absolute Gasteiger partial charge is 0.378 e. The van der Waals surface area contributed by atoms with Crippen LogP contribution >= 0.6 is 0 Å². The van der Waals surface area contributed by atoms with E-state index in [9.17, 15) is 4.79 Å². The number of hydrogen-bond acceptors (Lipinski definition) is 5. The molecule has 3 aromatic rings. The summed E-state index contributed by atoms with van der Waals surface area (Å²) in [5, 5.41) is 0.527. The van der Waals surface area contributed by atoms with Gasteiger partial charge in [-0.3, -0.25) is 9.36 Å². The molecule has 1 aliphatic heterocycles. The van der Waals surface area contributed by atoms with Crippen molar-refractivity contribution in [3.8, 4) is 5.69 Å². The smallest absolute Gasteiger partial charge is 0.266 e. The standard InChI is InChI=1S/C19H20N4O2/c1-2-14-3-5-15(6-4-14)23-8-7-17-16(18(23)24)13-20-19(21-17)22-9-11-25-12-10-22/h3-8,13H,2,9-12H2,1H3. The molecule has 3 heterocycles. The summed E-state index contributed by atoms with van der Waals surface area (Å²) in [6.07, 6.45) is 4.39. The first-order valence-electron chi connectivity index (χ1n) is 8.56. The molecule has 1 saturated heterocycles. The highest BCUT2D eigenvalue weighted by Crippen LogP contribution is 2.15. The van der Waals surface area contributed by atoms with Crippen LogP contribution in [0.5, 0.6) is 0 Å². The summed E-state index contributed by atoms with van der Waals surface area (Å²) >= 11 is 0. The van der Waals surface area contributed by atoms with Gasteiger partial charge in [-0.1, -0.05) is 19.1 Å². The third-order valence-electron chi connectivity index (χ3n) is 4.55. The van der Waals surface area contributed by atoms with Crippen LogP contribution in [0.2, 0.25) is 0 Å². The second-order valence-electron chi connectivity index (χ2n) is 6.08. The van der Waals surface area contributed by atoms with Crippen molar-refractivity contribution in [3.05, 3.63) is 58.6 Å². The monoisotopic (exact) mass is 336 g/mol. The first-order chi connectivity index (χ1) is 12.3. The van der Waals surface area contributed by atoms with Crippen LogP contribution in [0.1, 0.15) is 12.5 Å². The lowest BCUT2D eigenvalue weighted by atomic mass is 10.1. The topological polar surface area (TPSA) is 60.3 Å². The molecular weight excluding hydrogens is 316 g/mol. The molecule has 0 aliphatic carbocycles. The lowest BCUT2D eigenvalue weighted by Crippen LogP contribution is -2.37. The van der Waals surface area contributed by atoms with Crippen LogP contribution in [0.3, 0.4) is 0 Å². The molecule has 0 radical (unpaired) electrons. The maximum Gasteiger partial charge on any atom is 0.266 e. The second kappa shape index (κ2) is 6.64. The van der Waals surface area contributed by atoms with E-state index >= 15 is 0 Å². The first kappa shape index (κ1) is 15.8. The SMILES string of the molecule is CCc1ccc(-n2ccc3nc(N4CCOCC4)ncc3c2=O)cc1. The zero-order valence-electron chi connectivity index (χ0n) is 14.2. The number of aromatic nitrogens is 3. The third kappa shape index (κ3) is 3.00. The Balaban J connectivity index is 1.73. The Hall–Kier alpha value is -2.73. The van der Waals surface area contributed by atoms with Crippen molar-refractivity contribution in [3.63, 3.8) is 0 Å². The van der Waals surface area contributed by atoms with Gasteiger partial charge >= 0.3 is 0 Å². The van der Waals surface area contributed by atoms with Gasteiger partial charge in [0.2, 0.25) is 5.95 Å². The van der Waals surface area contributed by atoms with Gasteiger partial charge in [-0.2, -0.15) is 0 Å². The number of nitrogens with zero attached hydrogens (tertiary/aromatic N) is 4. The molecule has 128 valence electrons. The summed E-state index contributed by atoms with van der Waals surface area (Å²) in [5.41, 5.74) is 2.66. The van der Waals surface area contributed by atoms with Crippen molar-refractivity contribution in [1.82, 2.24) is 14.5 Å². The molecule has 1 fully saturated rings. The van der Waals surface area contributed by atoms with Gasteiger partial charge in [0, 0.05) is 31.2 Å². The van der Waals surface area contributed by atoms with Crippen LogP contribution in [-0.2, 0) is 11.2 Å². The van der Waals surface area contributed by atoms with E-state index < -0.39 is 0 Å². The van der Waals surface area contributed by atoms with Gasteiger partial charge in [0.15, 0.2) is 0 Å². The molecule has 4 rings (SSSR count). The fourth-order valence-corrected chi connectivity index (χ4v) is 3.03. The van der Waals surface area contributed by atoms with E-state index in [0.29, 0.717) is 30.1 Å². The lowest BCUT2D eigenvalue weighted by molar-refractivity contribution is 0.122. The number of pyridine rings is 1. The maximum atomic E-state index is 12.8. The van der Waals surface area contributed by atoms with E-state index in [4.69, 9.17) is 4.74 Å². The zero-order chi connectivity index (χ0) is 17.2. The third-order valence-corrected chi connectivity index (χ3v) is 4.55. The molecule has 2 aromatic heterocycles. The molecule has 0 atom stereocenters. The molecule has 6 nitrogen and oxygen atoms in total. The van der Waals surface area contributed by atoms with Crippen LogP contribution < -0.4 is 10.5 Å². The predicted octanol–water partition coefficient (Wildman–Crippen LogP) is 2.18. The number of hydrogen-bond donors (Lipinski definition) is 0. The number of ether oxygens (including phenoxy) is 1. The highest BCUT2D eigenvalue weighted by atomic mass is 16.5. The van der Waals surface area contributed by atoms with Gasteiger partial charge in [-0.15, -0.1) is 0 Å². The summed E-state index contributed by atoms with van der Waals surface area (Å²) in [4.78, 5) is 23.9. The van der Waals surface area contributed by atoms with Crippen molar-refractivity contribution in [1.29, 1.82) is 0 Å². The Labute approximate surface area is 145 Å². The van der Waals surface area contributed by atoms with E-state index in [0.717, 1.165) is 25.2 Å². The maximum absolute atomic E-state index is 12.8. The lowest BCUT2D eigenvalue weighted by Gasteiger charge is -2.26. The molecule has 6 heteroatoms. The summed E-state index contributed by atoms with van der Waals surface area (Å²) < 4.78 is 7.00. The molecule has 0 saturated carbocycles. The number of anilines is 1. The normalized spacial score (nSPS) is 14.8. The van der Waals surface area contributed by atoms with Crippen molar-refractivity contribution in [2.45, 2.75) is 13.3 Å². The van der Waals surface area contributed by atoms with Gasteiger partial charge in [0.1, 0.15) is 0 Å². The molecule has 1 aliphatic rings. The Bertz CT molecular complexity index is 944. The summed E-state index contributed by atoms with van der Waals surface area (Å²) in [5.74, 6) is 0.653. The van der Waals surface area contributed by atoms with Crippen molar-refractivity contribution in [2.24, 2.45) is 0 Å². The van der Waals surface area contributed by atoms with Crippen molar-refractivity contribution in [2.75, 3.05) is 31.2 Å². The second-order valence-corrected chi connectivity index (χ2v) is 6.08. The number of rotatable bonds is 3. The van der Waals surface area contributed by atoms with E-state index in [2.05, 4.69) is 21.8 Å². The van der Waals surface area contributed by atoms with E-state index in [1.165, 1.54) is 5.56 Å². The number of morpholine rings is 1. The summed E-state index contributed by atoms with van der Waals surface area (Å²) in [6.45, 7) is 5.01. The van der Waals surface area contributed by atoms with Crippen LogP contribution in [-0.4, -0.2) is 40.8 Å². The van der Waals surface area contributed by atoms with Crippen LogP contribution in [0.4, 0.5) is 5.95 Å². The molecule has 25 heavy (non-hydrogen) atoms. The van der Waals surface area contributed by atoms with Crippen LogP contribution in [0, 0.1) is 0 Å². The fraction of sp³-hybridized carbons (Fsp3) is 0.316. The summed E-state index contributed by atoms with van der Waals surface area (Å²) in [7, 11) is 0. The minimum atomic E-state index is -0.102. The Morgan fingerprint density at radius 2 is 1.88 bits per heavy atom. The molecule has 0 spiro atoms. The molecular formula is C19H20N4O2. The van der Waals surface area contributed by atoms with Gasteiger partial charge in [0.05, 0.1) is 24.1 Å². The minimum Gasteiger partial charge on any atom is -0.378 e. The van der Waals surface area contributed by atoms with E-state index in [-0.39, 0.29) is 5.56 Å². The highest BCUT2D eigenvalue weighted by molar-refractivity contribution is 5.78. The average Bonchev–Trinajstić information content (AvgIpc) is 2.69. The van der Waals surface area contributed by atoms with Crippen LogP contribution in [0.25, 0.3) is 16.6 Å². The van der Waals surface area contributed by atoms with E-state index in [1.54, 1.807) is 17.0 Å². The number of benzene rings is 1. The molecule has 0 unspecified atom stereocenters. The highest BCUT2D eigenvalue weighted by Gasteiger charge is 2.15. The number of fused-ring (bicyclic) bond motifs is 1. The van der Waals surface area contributed by atoms with Crippen molar-refractivity contribution >= 4 is 16.9 Å². The Morgan fingerprint density at radius 3 is 2.60 bits per heavy atom. The molecule has 1 aromatic carbocycles. The average molecular weight is 336 g/mol. The quantitative estimate of drug-likeness (QED) is 0.734. The molecule has 0 amide bonds. The minimum absolute atomic E-state index is 0.102. The van der Waals surface area contributed by atoms with E-state index in [1.807, 2.05) is 30.3 Å². The zero-order valence-corrected chi connectivity index (χ0v) is 14.2. The molecule has 0 bridgehead atoms. The Morgan fingerprint density at radius 1 is 1.12 bits per heavy atom. The number of aryl methyl sites for hydroxylation is 1. The van der Waals surface area contributed by atoms with Gasteiger partial charge in [-0.05, 0) is 30.2 Å². The molecule has 0 N–H and O–H groups in total. The fourth-order valence-electron chi connectivity index (χ4n) is 3.03. The predicted molar refractivity (Wildman–Crippen MR) is 97.5 cm³/mol. The first-order valence-corrected chi connectivity index (χ1v) is 8.56. The van der Waals surface area contributed by atoms with Crippen LogP contribution in [0.15, 0.2) is 47.5 Å². The van der Waals surface area contributed by atoms with Gasteiger partial charge in [-0.25, -0.2) is 9.97 Å². The van der Waals surface area contributed by atoms with Gasteiger partial charge in [0.25, 0.3) is 5.56 Å². The van der Waals surface area contributed by atoms with Gasteiger partial charge < -0.3 is 9.64 Å². The van der Waals surface area contributed by atoms with Crippen molar-refractivity contribution < 1.29 is 4.74 Å².